The second kappa shape index (κ2) is 6.18. The predicted octanol–water partition coefficient (Wildman–Crippen LogP) is 2.53. The smallest absolute Gasteiger partial charge is 0.220 e. The Morgan fingerprint density at radius 2 is 2.21 bits per heavy atom. The van der Waals surface area contributed by atoms with E-state index in [1.807, 2.05) is 19.1 Å². The number of nitrogens with one attached hydrogen (secondary N) is 2. The van der Waals surface area contributed by atoms with Gasteiger partial charge in [-0.2, -0.15) is 0 Å². The van der Waals surface area contributed by atoms with Gasteiger partial charge in [0, 0.05) is 18.8 Å². The zero-order chi connectivity index (χ0) is 13.7. The molecule has 0 saturated carbocycles. The second-order valence-corrected chi connectivity index (χ2v) is 4.69. The third kappa shape index (κ3) is 3.68. The van der Waals surface area contributed by atoms with Gasteiger partial charge in [0.25, 0.3) is 0 Å². The summed E-state index contributed by atoms with van der Waals surface area (Å²) in [5, 5.41) is 2.94. The normalized spacial score (nSPS) is 12.1. The average molecular weight is 257 g/mol. The molecule has 2 aromatic rings. The van der Waals surface area contributed by atoms with Gasteiger partial charge in [-0.1, -0.05) is 24.3 Å². The Morgan fingerprint density at radius 1 is 1.42 bits per heavy atom. The Kier molecular flexibility index (Phi) is 4.34. The van der Waals surface area contributed by atoms with Crippen LogP contribution in [0.15, 0.2) is 36.7 Å². The van der Waals surface area contributed by atoms with E-state index in [1.165, 1.54) is 11.1 Å². The lowest BCUT2D eigenvalue weighted by molar-refractivity contribution is -0.121. The molecule has 1 aromatic heterocycles. The topological polar surface area (TPSA) is 57.8 Å². The van der Waals surface area contributed by atoms with Crippen LogP contribution in [-0.4, -0.2) is 15.9 Å². The van der Waals surface area contributed by atoms with Gasteiger partial charge in [-0.15, -0.1) is 0 Å². The first-order valence-electron chi connectivity index (χ1n) is 6.50. The molecule has 2 rings (SSSR count). The number of nitrogens with zero attached hydrogens (tertiary/aromatic N) is 1. The molecule has 0 bridgehead atoms. The minimum atomic E-state index is -0.0839. The molecule has 1 heterocycles. The van der Waals surface area contributed by atoms with Crippen molar-refractivity contribution in [2.75, 3.05) is 0 Å². The molecule has 0 aliphatic heterocycles. The molecule has 0 saturated heterocycles. The highest BCUT2D eigenvalue weighted by Crippen LogP contribution is 2.10. The largest absolute Gasteiger partial charge is 0.347 e. The van der Waals surface area contributed by atoms with E-state index in [9.17, 15) is 4.79 Å². The number of aromatic amines is 1. The molecule has 2 N–H and O–H groups in total. The van der Waals surface area contributed by atoms with E-state index in [2.05, 4.69) is 34.3 Å². The van der Waals surface area contributed by atoms with E-state index in [0.29, 0.717) is 6.42 Å². The highest BCUT2D eigenvalue weighted by molar-refractivity contribution is 5.76. The van der Waals surface area contributed by atoms with Crippen LogP contribution in [0.3, 0.4) is 0 Å². The summed E-state index contributed by atoms with van der Waals surface area (Å²) in [6.45, 7) is 3.99. The molecule has 19 heavy (non-hydrogen) atoms. The fourth-order valence-electron chi connectivity index (χ4n) is 2.04. The van der Waals surface area contributed by atoms with Crippen molar-refractivity contribution in [2.24, 2.45) is 0 Å². The van der Waals surface area contributed by atoms with Gasteiger partial charge in [0.1, 0.15) is 5.82 Å². The highest BCUT2D eigenvalue weighted by Gasteiger charge is 2.11. The number of aryl methyl sites for hydroxylation is 2. The quantitative estimate of drug-likeness (QED) is 0.864. The third-order valence-electron chi connectivity index (χ3n) is 3.19. The molecular weight excluding hydrogens is 238 g/mol. The van der Waals surface area contributed by atoms with Crippen LogP contribution >= 0.6 is 0 Å². The lowest BCUT2D eigenvalue weighted by Gasteiger charge is -2.12. The second-order valence-electron chi connectivity index (χ2n) is 4.69. The van der Waals surface area contributed by atoms with E-state index in [4.69, 9.17) is 0 Å². The average Bonchev–Trinajstić information content (AvgIpc) is 2.91. The van der Waals surface area contributed by atoms with E-state index in [0.717, 1.165) is 12.2 Å². The first-order chi connectivity index (χ1) is 9.16. The number of carbonyl (C=O) groups is 1. The van der Waals surface area contributed by atoms with E-state index in [1.54, 1.807) is 12.4 Å². The van der Waals surface area contributed by atoms with Crippen LogP contribution in [-0.2, 0) is 11.2 Å². The molecule has 0 spiro atoms. The SMILES string of the molecule is Cc1ccccc1CCC(=O)NC(C)c1ncc[nH]1. The summed E-state index contributed by atoms with van der Waals surface area (Å²) >= 11 is 0. The minimum absolute atomic E-state index is 0.0483. The molecule has 1 amide bonds. The monoisotopic (exact) mass is 257 g/mol. The highest BCUT2D eigenvalue weighted by atomic mass is 16.1. The third-order valence-corrected chi connectivity index (χ3v) is 3.19. The van der Waals surface area contributed by atoms with E-state index in [-0.39, 0.29) is 11.9 Å². The minimum Gasteiger partial charge on any atom is -0.347 e. The summed E-state index contributed by atoms with van der Waals surface area (Å²) in [7, 11) is 0. The number of hydrogen-bond donors (Lipinski definition) is 2. The van der Waals surface area contributed by atoms with Gasteiger partial charge in [0.2, 0.25) is 5.91 Å². The molecule has 4 nitrogen and oxygen atoms in total. The molecule has 0 fully saturated rings. The van der Waals surface area contributed by atoms with Gasteiger partial charge in [-0.25, -0.2) is 4.98 Å². The number of imidazole rings is 1. The zero-order valence-corrected chi connectivity index (χ0v) is 11.3. The number of rotatable bonds is 5. The van der Waals surface area contributed by atoms with Gasteiger partial charge in [-0.3, -0.25) is 4.79 Å². The van der Waals surface area contributed by atoms with Crippen molar-refractivity contribution in [1.29, 1.82) is 0 Å². The molecule has 0 aliphatic carbocycles. The number of carbonyl (C=O) groups excluding carboxylic acids is 1. The van der Waals surface area contributed by atoms with Crippen molar-refractivity contribution in [1.82, 2.24) is 15.3 Å². The maximum Gasteiger partial charge on any atom is 0.220 e. The fraction of sp³-hybridized carbons (Fsp3) is 0.333. The molecule has 1 atom stereocenters. The van der Waals surface area contributed by atoms with Crippen LogP contribution < -0.4 is 5.32 Å². The van der Waals surface area contributed by atoms with Gasteiger partial charge in [-0.05, 0) is 31.4 Å². The Morgan fingerprint density at radius 3 is 2.89 bits per heavy atom. The van der Waals surface area contributed by atoms with Crippen molar-refractivity contribution in [3.05, 3.63) is 53.6 Å². The van der Waals surface area contributed by atoms with Crippen molar-refractivity contribution in [3.8, 4) is 0 Å². The van der Waals surface area contributed by atoms with Gasteiger partial charge in [0.15, 0.2) is 0 Å². The van der Waals surface area contributed by atoms with Crippen LogP contribution in [0.4, 0.5) is 0 Å². The lowest BCUT2D eigenvalue weighted by atomic mass is 10.0. The summed E-state index contributed by atoms with van der Waals surface area (Å²) < 4.78 is 0. The Balaban J connectivity index is 1.84. The Bertz CT molecular complexity index is 534. The van der Waals surface area contributed by atoms with E-state index < -0.39 is 0 Å². The number of aromatic nitrogens is 2. The molecule has 1 unspecified atom stereocenters. The number of H-pyrrole nitrogens is 1. The summed E-state index contributed by atoms with van der Waals surface area (Å²) in [4.78, 5) is 19.0. The first-order valence-corrected chi connectivity index (χ1v) is 6.50. The van der Waals surface area contributed by atoms with Crippen molar-refractivity contribution in [3.63, 3.8) is 0 Å². The van der Waals surface area contributed by atoms with Gasteiger partial charge >= 0.3 is 0 Å². The van der Waals surface area contributed by atoms with Crippen molar-refractivity contribution >= 4 is 5.91 Å². The molecule has 0 radical (unpaired) electrons. The standard InChI is InChI=1S/C15H19N3O/c1-11-5-3-4-6-13(11)7-8-14(19)18-12(2)15-16-9-10-17-15/h3-6,9-10,12H,7-8H2,1-2H3,(H,16,17)(H,18,19). The zero-order valence-electron chi connectivity index (χ0n) is 11.3. The van der Waals surface area contributed by atoms with Crippen molar-refractivity contribution < 1.29 is 4.79 Å². The molecule has 1 aromatic carbocycles. The lowest BCUT2D eigenvalue weighted by Crippen LogP contribution is -2.27. The number of amides is 1. The Labute approximate surface area is 113 Å². The summed E-state index contributed by atoms with van der Waals surface area (Å²) in [6, 6.07) is 8.07. The summed E-state index contributed by atoms with van der Waals surface area (Å²) in [6.07, 6.45) is 4.70. The first kappa shape index (κ1) is 13.3. The van der Waals surface area contributed by atoms with Crippen LogP contribution in [0.2, 0.25) is 0 Å². The Hall–Kier alpha value is -2.10. The number of hydrogen-bond acceptors (Lipinski definition) is 2. The summed E-state index contributed by atoms with van der Waals surface area (Å²) in [5.74, 6) is 0.830. The van der Waals surface area contributed by atoms with Crippen LogP contribution in [0, 0.1) is 6.92 Å². The maximum absolute atomic E-state index is 11.9. The predicted molar refractivity (Wildman–Crippen MR) is 74.6 cm³/mol. The van der Waals surface area contributed by atoms with Crippen LogP contribution in [0.1, 0.15) is 36.3 Å². The van der Waals surface area contributed by atoms with Crippen LogP contribution in [0.5, 0.6) is 0 Å². The fourth-order valence-corrected chi connectivity index (χ4v) is 2.04. The summed E-state index contributed by atoms with van der Waals surface area (Å²) in [5.41, 5.74) is 2.46. The maximum atomic E-state index is 11.9. The van der Waals surface area contributed by atoms with Gasteiger partial charge < -0.3 is 10.3 Å². The number of benzene rings is 1. The molecular formula is C15H19N3O. The van der Waals surface area contributed by atoms with Gasteiger partial charge in [0.05, 0.1) is 6.04 Å². The van der Waals surface area contributed by atoms with Crippen LogP contribution in [0.25, 0.3) is 0 Å². The molecule has 4 heteroatoms. The van der Waals surface area contributed by atoms with E-state index >= 15 is 0 Å². The molecule has 0 aliphatic rings. The van der Waals surface area contributed by atoms with Crippen molar-refractivity contribution in [2.45, 2.75) is 32.7 Å². The molecule has 100 valence electrons.